The van der Waals surface area contributed by atoms with Crippen molar-refractivity contribution in [1.82, 2.24) is 15.5 Å². The molecule has 3 fully saturated rings. The van der Waals surface area contributed by atoms with Gasteiger partial charge in [-0.05, 0) is 50.2 Å². The monoisotopic (exact) mass is 430 g/mol. The van der Waals surface area contributed by atoms with E-state index in [2.05, 4.69) is 62.6 Å². The molecule has 0 aromatic heterocycles. The Bertz CT molecular complexity index is 663. The lowest BCUT2D eigenvalue weighted by Crippen LogP contribution is -2.51. The average Bonchev–Trinajstić information content (AvgIpc) is 3.46. The molecular weight excluding hydrogens is 392 g/mol. The van der Waals surface area contributed by atoms with Crippen LogP contribution < -0.4 is 10.6 Å². The van der Waals surface area contributed by atoms with E-state index >= 15 is 0 Å². The van der Waals surface area contributed by atoms with Gasteiger partial charge in [0, 0.05) is 55.5 Å². The van der Waals surface area contributed by atoms with Crippen molar-refractivity contribution in [2.75, 3.05) is 46.4 Å². The van der Waals surface area contributed by atoms with E-state index in [1.165, 1.54) is 69.5 Å². The molecule has 0 bridgehead atoms. The van der Waals surface area contributed by atoms with Crippen molar-refractivity contribution in [3.63, 3.8) is 0 Å². The van der Waals surface area contributed by atoms with Gasteiger partial charge < -0.3 is 20.3 Å². The van der Waals surface area contributed by atoms with E-state index in [4.69, 9.17) is 4.74 Å². The number of hydrogen-bond donors (Lipinski definition) is 2. The van der Waals surface area contributed by atoms with Crippen LogP contribution in [0.1, 0.15) is 44.9 Å². The number of nitrogens with one attached hydrogen (secondary N) is 2. The van der Waals surface area contributed by atoms with Gasteiger partial charge in [0.2, 0.25) is 0 Å². The van der Waals surface area contributed by atoms with Crippen LogP contribution in [0.15, 0.2) is 40.2 Å². The number of benzene rings is 1. The molecule has 0 spiro atoms. The molecule has 3 aliphatic rings. The first kappa shape index (κ1) is 22.0. The van der Waals surface area contributed by atoms with Crippen LogP contribution in [0.2, 0.25) is 0 Å². The molecule has 4 rings (SSSR count). The quantitative estimate of drug-likeness (QED) is 0.510. The Hall–Kier alpha value is -1.24. The van der Waals surface area contributed by atoms with E-state index in [9.17, 15) is 0 Å². The first-order chi connectivity index (χ1) is 14.7. The Morgan fingerprint density at radius 2 is 1.93 bits per heavy atom. The number of guanidine groups is 1. The van der Waals surface area contributed by atoms with Gasteiger partial charge in [-0.25, -0.2) is 0 Å². The van der Waals surface area contributed by atoms with Crippen LogP contribution in [-0.4, -0.2) is 68.1 Å². The third-order valence-corrected chi connectivity index (χ3v) is 8.36. The second-order valence-electron chi connectivity index (χ2n) is 9.18. The average molecular weight is 431 g/mol. The summed E-state index contributed by atoms with van der Waals surface area (Å²) in [6, 6.07) is 11.4. The summed E-state index contributed by atoms with van der Waals surface area (Å²) in [5.74, 6) is 1.71. The van der Waals surface area contributed by atoms with E-state index in [0.717, 1.165) is 31.6 Å². The molecular formula is C24H38N4OS. The van der Waals surface area contributed by atoms with E-state index in [1.807, 2.05) is 7.05 Å². The summed E-state index contributed by atoms with van der Waals surface area (Å²) in [4.78, 5) is 8.54. The third-order valence-electron chi connectivity index (χ3n) is 6.86. The number of ether oxygens (including phenoxy) is 1. The number of rotatable bonds is 7. The number of likely N-dealkylation sites (tertiary alicyclic amines) is 1. The molecule has 0 amide bonds. The van der Waals surface area contributed by atoms with E-state index < -0.39 is 0 Å². The molecule has 30 heavy (non-hydrogen) atoms. The first-order valence-corrected chi connectivity index (χ1v) is 12.6. The minimum Gasteiger partial charge on any atom is -0.381 e. The second kappa shape index (κ2) is 10.9. The summed E-state index contributed by atoms with van der Waals surface area (Å²) in [5.41, 5.74) is 0. The zero-order valence-corrected chi connectivity index (χ0v) is 19.3. The minimum absolute atomic E-state index is 0.283. The smallest absolute Gasteiger partial charge is 0.191 e. The van der Waals surface area contributed by atoms with Gasteiger partial charge in [-0.2, -0.15) is 0 Å². The topological polar surface area (TPSA) is 48.9 Å². The van der Waals surface area contributed by atoms with Gasteiger partial charge in [-0.1, -0.05) is 31.0 Å². The molecule has 2 saturated heterocycles. The predicted molar refractivity (Wildman–Crippen MR) is 126 cm³/mol. The van der Waals surface area contributed by atoms with Gasteiger partial charge in [-0.3, -0.25) is 4.99 Å². The highest BCUT2D eigenvalue weighted by molar-refractivity contribution is 8.00. The number of hydrogen-bond acceptors (Lipinski definition) is 4. The molecule has 2 heterocycles. The van der Waals surface area contributed by atoms with Gasteiger partial charge >= 0.3 is 0 Å². The second-order valence-corrected chi connectivity index (χ2v) is 10.7. The van der Waals surface area contributed by atoms with Crippen molar-refractivity contribution in [2.45, 2.75) is 60.6 Å². The SMILES string of the molecule is CN=C(NCC1(Sc2ccccc2)CCCC1)NC1CCN(CC2CCOC2)CC1. The fourth-order valence-electron chi connectivity index (χ4n) is 5.06. The lowest BCUT2D eigenvalue weighted by Gasteiger charge is -2.35. The molecule has 1 aliphatic carbocycles. The first-order valence-electron chi connectivity index (χ1n) is 11.8. The van der Waals surface area contributed by atoms with Crippen molar-refractivity contribution in [1.29, 1.82) is 0 Å². The largest absolute Gasteiger partial charge is 0.381 e. The van der Waals surface area contributed by atoms with Crippen LogP contribution in [-0.2, 0) is 4.74 Å². The Morgan fingerprint density at radius 1 is 1.17 bits per heavy atom. The molecule has 1 atom stereocenters. The molecule has 1 unspecified atom stereocenters. The maximum atomic E-state index is 5.54. The van der Waals surface area contributed by atoms with Gasteiger partial charge in [0.15, 0.2) is 5.96 Å². The molecule has 166 valence electrons. The summed E-state index contributed by atoms with van der Waals surface area (Å²) in [6.45, 7) is 6.45. The summed E-state index contributed by atoms with van der Waals surface area (Å²) in [6.07, 6.45) is 8.84. The maximum Gasteiger partial charge on any atom is 0.191 e. The minimum atomic E-state index is 0.283. The Labute approximate surface area is 186 Å². The number of aliphatic imine (C=N–C) groups is 1. The molecule has 2 aliphatic heterocycles. The van der Waals surface area contributed by atoms with Crippen LogP contribution in [0.3, 0.4) is 0 Å². The highest BCUT2D eigenvalue weighted by Crippen LogP contribution is 2.44. The van der Waals surface area contributed by atoms with Crippen molar-refractivity contribution < 1.29 is 4.74 Å². The van der Waals surface area contributed by atoms with Crippen LogP contribution in [0.25, 0.3) is 0 Å². The number of thioether (sulfide) groups is 1. The van der Waals surface area contributed by atoms with Gasteiger partial charge in [0.25, 0.3) is 0 Å². The van der Waals surface area contributed by atoms with Crippen molar-refractivity contribution in [2.24, 2.45) is 10.9 Å². The Balaban J connectivity index is 1.23. The van der Waals surface area contributed by atoms with Crippen LogP contribution in [0.4, 0.5) is 0 Å². The van der Waals surface area contributed by atoms with Crippen molar-refractivity contribution in [3.8, 4) is 0 Å². The van der Waals surface area contributed by atoms with Crippen molar-refractivity contribution in [3.05, 3.63) is 30.3 Å². The Kier molecular flexibility index (Phi) is 7.96. The van der Waals surface area contributed by atoms with E-state index in [-0.39, 0.29) is 4.75 Å². The van der Waals surface area contributed by atoms with Crippen LogP contribution in [0.5, 0.6) is 0 Å². The van der Waals surface area contributed by atoms with Gasteiger partial charge in [-0.15, -0.1) is 11.8 Å². The van der Waals surface area contributed by atoms with Gasteiger partial charge in [0.05, 0.1) is 6.61 Å². The zero-order valence-electron chi connectivity index (χ0n) is 18.4. The highest BCUT2D eigenvalue weighted by atomic mass is 32.2. The summed E-state index contributed by atoms with van der Waals surface area (Å²) in [5, 5.41) is 7.38. The lowest BCUT2D eigenvalue weighted by atomic mass is 10.0. The van der Waals surface area contributed by atoms with E-state index in [0.29, 0.717) is 6.04 Å². The number of piperidine rings is 1. The summed E-state index contributed by atoms with van der Waals surface area (Å²) < 4.78 is 5.82. The Morgan fingerprint density at radius 3 is 2.60 bits per heavy atom. The standard InChI is InChI=1S/C24H38N4OS/c1-25-23(27-21-9-14-28(15-10-21)17-20-11-16-29-18-20)26-19-24(12-5-6-13-24)30-22-7-3-2-4-8-22/h2-4,7-8,20-21H,5-6,9-19H2,1H3,(H2,25,26,27). The molecule has 1 saturated carbocycles. The molecule has 2 N–H and O–H groups in total. The zero-order chi connectivity index (χ0) is 20.7. The lowest BCUT2D eigenvalue weighted by molar-refractivity contribution is 0.150. The fraction of sp³-hybridized carbons (Fsp3) is 0.708. The van der Waals surface area contributed by atoms with Gasteiger partial charge in [0.1, 0.15) is 0 Å². The predicted octanol–water partition coefficient (Wildman–Crippen LogP) is 3.76. The summed E-state index contributed by atoms with van der Waals surface area (Å²) >= 11 is 2.05. The van der Waals surface area contributed by atoms with E-state index in [1.54, 1.807) is 0 Å². The maximum absolute atomic E-state index is 5.54. The third kappa shape index (κ3) is 6.14. The van der Waals surface area contributed by atoms with Crippen molar-refractivity contribution >= 4 is 17.7 Å². The fourth-order valence-corrected chi connectivity index (χ4v) is 6.49. The normalized spacial score (nSPS) is 25.5. The molecule has 6 heteroatoms. The molecule has 1 aromatic carbocycles. The summed E-state index contributed by atoms with van der Waals surface area (Å²) in [7, 11) is 1.90. The highest BCUT2D eigenvalue weighted by Gasteiger charge is 2.35. The molecule has 1 aromatic rings. The van der Waals surface area contributed by atoms with Crippen LogP contribution >= 0.6 is 11.8 Å². The molecule has 5 nitrogen and oxygen atoms in total. The molecule has 0 radical (unpaired) electrons. The van der Waals surface area contributed by atoms with Crippen LogP contribution in [0, 0.1) is 5.92 Å². The number of nitrogens with zero attached hydrogens (tertiary/aromatic N) is 2.